The SMILES string of the molecule is Cc1ccc(COOc2ccc(C(OO)c3ccc(C)cc3)cc2)cc1. The molecule has 3 aromatic carbocycles. The third-order valence-electron chi connectivity index (χ3n) is 4.17. The fraction of sp³-hybridized carbons (Fsp3) is 0.182. The molecule has 4 nitrogen and oxygen atoms in total. The van der Waals surface area contributed by atoms with E-state index < -0.39 is 6.10 Å². The summed E-state index contributed by atoms with van der Waals surface area (Å²) in [6, 6.07) is 23.2. The molecule has 0 amide bonds. The Balaban J connectivity index is 1.60. The van der Waals surface area contributed by atoms with Crippen LogP contribution in [0, 0.1) is 13.8 Å². The highest BCUT2D eigenvalue weighted by molar-refractivity contribution is 5.35. The van der Waals surface area contributed by atoms with Crippen molar-refractivity contribution in [3.8, 4) is 5.75 Å². The Morgan fingerprint density at radius 2 is 1.23 bits per heavy atom. The Morgan fingerprint density at radius 3 is 1.77 bits per heavy atom. The van der Waals surface area contributed by atoms with Gasteiger partial charge in [0.25, 0.3) is 0 Å². The van der Waals surface area contributed by atoms with E-state index in [1.54, 1.807) is 12.1 Å². The van der Waals surface area contributed by atoms with Crippen LogP contribution in [0.1, 0.15) is 33.9 Å². The number of hydrogen-bond acceptors (Lipinski definition) is 4. The molecule has 0 aliphatic rings. The Labute approximate surface area is 153 Å². The second-order valence-corrected chi connectivity index (χ2v) is 6.30. The molecular formula is C22H22O4. The largest absolute Gasteiger partial charge is 0.337 e. The lowest BCUT2D eigenvalue weighted by Crippen LogP contribution is -2.04. The van der Waals surface area contributed by atoms with Gasteiger partial charge in [-0.2, -0.15) is 4.89 Å². The maximum Gasteiger partial charge on any atom is 0.165 e. The molecule has 0 spiro atoms. The summed E-state index contributed by atoms with van der Waals surface area (Å²) < 4.78 is 0. The lowest BCUT2D eigenvalue weighted by atomic mass is 10.0. The van der Waals surface area contributed by atoms with Crippen LogP contribution in [0.25, 0.3) is 0 Å². The zero-order valence-corrected chi connectivity index (χ0v) is 14.9. The maximum atomic E-state index is 9.30. The number of benzene rings is 3. The maximum absolute atomic E-state index is 9.30. The van der Waals surface area contributed by atoms with E-state index in [0.29, 0.717) is 12.4 Å². The van der Waals surface area contributed by atoms with Gasteiger partial charge in [-0.05, 0) is 42.7 Å². The highest BCUT2D eigenvalue weighted by atomic mass is 17.2. The molecule has 3 rings (SSSR count). The van der Waals surface area contributed by atoms with E-state index in [1.807, 2.05) is 74.5 Å². The Hall–Kier alpha value is -2.66. The molecule has 0 saturated heterocycles. The van der Waals surface area contributed by atoms with Crippen molar-refractivity contribution in [3.63, 3.8) is 0 Å². The van der Waals surface area contributed by atoms with Gasteiger partial charge in [0.15, 0.2) is 5.75 Å². The van der Waals surface area contributed by atoms with Gasteiger partial charge in [-0.15, -0.1) is 0 Å². The van der Waals surface area contributed by atoms with E-state index in [2.05, 4.69) is 4.89 Å². The summed E-state index contributed by atoms with van der Waals surface area (Å²) in [5, 5.41) is 9.30. The normalized spacial score (nSPS) is 12.0. The number of hydrogen-bond donors (Lipinski definition) is 1. The molecular weight excluding hydrogens is 328 g/mol. The summed E-state index contributed by atoms with van der Waals surface area (Å²) in [6.07, 6.45) is -0.543. The fourth-order valence-electron chi connectivity index (χ4n) is 2.60. The molecule has 3 aromatic rings. The molecule has 26 heavy (non-hydrogen) atoms. The van der Waals surface area contributed by atoms with Crippen LogP contribution in [0.2, 0.25) is 0 Å². The van der Waals surface area contributed by atoms with Gasteiger partial charge in [0, 0.05) is 0 Å². The average Bonchev–Trinajstić information content (AvgIpc) is 2.67. The molecule has 0 bridgehead atoms. The molecule has 1 N–H and O–H groups in total. The second kappa shape index (κ2) is 8.63. The predicted molar refractivity (Wildman–Crippen MR) is 99.8 cm³/mol. The topological polar surface area (TPSA) is 47.9 Å². The van der Waals surface area contributed by atoms with Gasteiger partial charge in [0.1, 0.15) is 12.7 Å². The van der Waals surface area contributed by atoms with Gasteiger partial charge in [0.05, 0.1) is 0 Å². The number of aryl methyl sites for hydroxylation is 2. The van der Waals surface area contributed by atoms with Crippen molar-refractivity contribution in [1.29, 1.82) is 0 Å². The quantitative estimate of drug-likeness (QED) is 0.458. The van der Waals surface area contributed by atoms with Crippen LogP contribution in [0.4, 0.5) is 0 Å². The molecule has 4 heteroatoms. The molecule has 0 saturated carbocycles. The van der Waals surface area contributed by atoms with Crippen LogP contribution in [-0.2, 0) is 16.4 Å². The molecule has 0 aliphatic heterocycles. The van der Waals surface area contributed by atoms with E-state index in [4.69, 9.17) is 9.78 Å². The van der Waals surface area contributed by atoms with E-state index in [9.17, 15) is 5.26 Å². The summed E-state index contributed by atoms with van der Waals surface area (Å²) in [6.45, 7) is 4.43. The van der Waals surface area contributed by atoms with Gasteiger partial charge >= 0.3 is 0 Å². The van der Waals surface area contributed by atoms with Crippen LogP contribution in [0.3, 0.4) is 0 Å². The average molecular weight is 350 g/mol. The zero-order chi connectivity index (χ0) is 18.4. The van der Waals surface area contributed by atoms with Crippen molar-refractivity contribution in [3.05, 3.63) is 101 Å². The molecule has 1 unspecified atom stereocenters. The summed E-state index contributed by atoms with van der Waals surface area (Å²) in [7, 11) is 0. The van der Waals surface area contributed by atoms with Crippen molar-refractivity contribution in [2.24, 2.45) is 0 Å². The molecule has 0 heterocycles. The first-order valence-corrected chi connectivity index (χ1v) is 8.47. The summed E-state index contributed by atoms with van der Waals surface area (Å²) in [4.78, 5) is 15.3. The lowest BCUT2D eigenvalue weighted by Gasteiger charge is -2.15. The summed E-state index contributed by atoms with van der Waals surface area (Å²) in [5.74, 6) is 0.585. The van der Waals surface area contributed by atoms with Gasteiger partial charge in [-0.3, -0.25) is 5.26 Å². The van der Waals surface area contributed by atoms with E-state index in [1.165, 1.54) is 5.56 Å². The highest BCUT2D eigenvalue weighted by Gasteiger charge is 2.15. The first-order chi connectivity index (χ1) is 12.7. The first-order valence-electron chi connectivity index (χ1n) is 8.47. The molecule has 0 aromatic heterocycles. The van der Waals surface area contributed by atoms with Crippen molar-refractivity contribution in [2.45, 2.75) is 26.6 Å². The first kappa shape index (κ1) is 18.1. The minimum absolute atomic E-state index is 0.369. The highest BCUT2D eigenvalue weighted by Crippen LogP contribution is 2.27. The standard InChI is InChI=1S/C22H22O4/c1-16-3-7-18(8-4-16)15-24-26-21-13-11-20(12-14-21)22(25-23)19-9-5-17(2)6-10-19/h3-14,22-23H,15H2,1-2H3. The van der Waals surface area contributed by atoms with Gasteiger partial charge in [-0.1, -0.05) is 71.8 Å². The van der Waals surface area contributed by atoms with Crippen LogP contribution >= 0.6 is 0 Å². The Kier molecular flexibility index (Phi) is 6.02. The van der Waals surface area contributed by atoms with E-state index >= 15 is 0 Å². The predicted octanol–water partition coefficient (Wildman–Crippen LogP) is 5.39. The molecule has 1 atom stereocenters. The van der Waals surface area contributed by atoms with Crippen molar-refractivity contribution >= 4 is 0 Å². The zero-order valence-electron chi connectivity index (χ0n) is 14.9. The Bertz CT molecular complexity index is 808. The van der Waals surface area contributed by atoms with Crippen molar-refractivity contribution < 1.29 is 19.9 Å². The minimum atomic E-state index is -0.543. The van der Waals surface area contributed by atoms with Crippen LogP contribution in [0.15, 0.2) is 72.8 Å². The summed E-state index contributed by atoms with van der Waals surface area (Å²) >= 11 is 0. The summed E-state index contributed by atoms with van der Waals surface area (Å²) in [5.41, 5.74) is 5.10. The minimum Gasteiger partial charge on any atom is -0.337 e. The second-order valence-electron chi connectivity index (χ2n) is 6.30. The van der Waals surface area contributed by atoms with Crippen LogP contribution < -0.4 is 4.89 Å². The van der Waals surface area contributed by atoms with Crippen molar-refractivity contribution in [2.75, 3.05) is 0 Å². The molecule has 0 radical (unpaired) electrons. The third-order valence-corrected chi connectivity index (χ3v) is 4.17. The molecule has 134 valence electrons. The van der Waals surface area contributed by atoms with Crippen molar-refractivity contribution in [1.82, 2.24) is 0 Å². The van der Waals surface area contributed by atoms with Gasteiger partial charge in [0.2, 0.25) is 0 Å². The van der Waals surface area contributed by atoms with E-state index in [-0.39, 0.29) is 0 Å². The van der Waals surface area contributed by atoms with Crippen LogP contribution in [0.5, 0.6) is 5.75 Å². The Morgan fingerprint density at radius 1 is 0.731 bits per heavy atom. The van der Waals surface area contributed by atoms with Gasteiger partial charge < -0.3 is 4.89 Å². The monoisotopic (exact) mass is 350 g/mol. The van der Waals surface area contributed by atoms with E-state index in [0.717, 1.165) is 22.3 Å². The van der Waals surface area contributed by atoms with Crippen LogP contribution in [-0.4, -0.2) is 5.26 Å². The fourth-order valence-corrected chi connectivity index (χ4v) is 2.60. The third kappa shape index (κ3) is 4.70. The smallest absolute Gasteiger partial charge is 0.165 e. The lowest BCUT2D eigenvalue weighted by molar-refractivity contribution is -0.270. The van der Waals surface area contributed by atoms with Gasteiger partial charge in [-0.25, -0.2) is 4.89 Å². The number of rotatable bonds is 7. The molecule has 0 fully saturated rings. The molecule has 0 aliphatic carbocycles.